The van der Waals surface area contributed by atoms with Crippen molar-refractivity contribution in [2.45, 2.75) is 13.1 Å². The summed E-state index contributed by atoms with van der Waals surface area (Å²) in [5.41, 5.74) is 1.62. The molecular weight excluding hydrogens is 343 g/mol. The van der Waals surface area contributed by atoms with E-state index in [2.05, 4.69) is 0 Å². The van der Waals surface area contributed by atoms with Crippen molar-refractivity contribution in [2.24, 2.45) is 0 Å². The molecule has 2 N–H and O–H groups in total. The van der Waals surface area contributed by atoms with Gasteiger partial charge in [0.1, 0.15) is 12.4 Å². The van der Waals surface area contributed by atoms with Gasteiger partial charge in [-0.15, -0.1) is 0 Å². The Morgan fingerprint density at radius 3 is 2.12 bits per heavy atom. The van der Waals surface area contributed by atoms with E-state index >= 15 is 0 Å². The summed E-state index contributed by atoms with van der Waals surface area (Å²) in [6.07, 6.45) is -0.0911. The molecule has 6 nitrogen and oxygen atoms in total. The summed E-state index contributed by atoms with van der Waals surface area (Å²) in [5.74, 6) is 0.424. The smallest absolute Gasteiger partial charge is 0.332 e. The minimum absolute atomic E-state index is 0.0723. The van der Waals surface area contributed by atoms with Crippen molar-refractivity contribution in [1.29, 1.82) is 0 Å². The Morgan fingerprint density at radius 2 is 1.60 bits per heavy atom. The van der Waals surface area contributed by atoms with Gasteiger partial charge in [0.05, 0.1) is 19.4 Å². The zero-order chi connectivity index (χ0) is 18.3. The molecule has 0 amide bonds. The van der Waals surface area contributed by atoms with Crippen LogP contribution < -0.4 is 4.74 Å². The number of hydrogen-bond donors (Lipinski definition) is 2. The number of ether oxygens (including phenoxy) is 1. The Bertz CT molecular complexity index is 739. The highest BCUT2D eigenvalue weighted by molar-refractivity contribution is 7.51. The van der Waals surface area contributed by atoms with Crippen LogP contribution >= 0.6 is 7.60 Å². The van der Waals surface area contributed by atoms with Crippen LogP contribution in [-0.4, -0.2) is 35.6 Å². The average Bonchev–Trinajstić information content (AvgIpc) is 2.60. The van der Waals surface area contributed by atoms with Gasteiger partial charge in [-0.3, -0.25) is 9.36 Å². The Morgan fingerprint density at radius 1 is 1.04 bits per heavy atom. The highest BCUT2D eigenvalue weighted by atomic mass is 31.2. The lowest BCUT2D eigenvalue weighted by Gasteiger charge is -2.11. The van der Waals surface area contributed by atoms with E-state index in [0.717, 1.165) is 0 Å². The maximum Gasteiger partial charge on any atom is 0.332 e. The molecule has 0 heterocycles. The molecule has 7 heteroatoms. The number of aliphatic hydroxyl groups excluding tert-OH is 1. The van der Waals surface area contributed by atoms with Crippen molar-refractivity contribution in [3.8, 4) is 5.75 Å². The van der Waals surface area contributed by atoms with Gasteiger partial charge in [0.2, 0.25) is 0 Å². The summed E-state index contributed by atoms with van der Waals surface area (Å²) < 4.78 is 21.9. The zero-order valence-corrected chi connectivity index (χ0v) is 14.8. The molecule has 0 spiro atoms. The first-order valence-electron chi connectivity index (χ1n) is 7.89. The molecule has 1 unspecified atom stereocenters. The largest absolute Gasteiger partial charge is 0.491 e. The Balaban J connectivity index is 2.06. The van der Waals surface area contributed by atoms with Crippen LogP contribution in [-0.2, 0) is 15.3 Å². The monoisotopic (exact) mass is 364 g/mol. The lowest BCUT2D eigenvalue weighted by molar-refractivity contribution is 0.103. The van der Waals surface area contributed by atoms with E-state index in [1.54, 1.807) is 55.5 Å². The highest BCUT2D eigenvalue weighted by Gasteiger charge is 2.19. The molecule has 0 saturated carbocycles. The Kier molecular flexibility index (Phi) is 6.91. The van der Waals surface area contributed by atoms with Crippen molar-refractivity contribution in [3.63, 3.8) is 0 Å². The quantitative estimate of drug-likeness (QED) is 0.525. The van der Waals surface area contributed by atoms with Crippen molar-refractivity contribution in [1.82, 2.24) is 0 Å². The number of hydrogen-bond acceptors (Lipinski definition) is 5. The van der Waals surface area contributed by atoms with E-state index in [0.29, 0.717) is 22.4 Å². The normalized spacial score (nSPS) is 13.2. The maximum absolute atomic E-state index is 12.5. The minimum atomic E-state index is -3.64. The number of ketones is 1. The molecule has 0 aliphatic heterocycles. The van der Waals surface area contributed by atoms with Gasteiger partial charge in [0.15, 0.2) is 5.78 Å². The van der Waals surface area contributed by atoms with Crippen LogP contribution in [0.5, 0.6) is 5.75 Å². The fourth-order valence-corrected chi connectivity index (χ4v) is 3.44. The van der Waals surface area contributed by atoms with Gasteiger partial charge in [0, 0.05) is 11.1 Å². The van der Waals surface area contributed by atoms with Crippen molar-refractivity contribution >= 4 is 13.4 Å². The van der Waals surface area contributed by atoms with Gasteiger partial charge in [0.25, 0.3) is 0 Å². The molecule has 2 aromatic carbocycles. The van der Waals surface area contributed by atoms with E-state index in [-0.39, 0.29) is 31.8 Å². The fraction of sp³-hybridized carbons (Fsp3) is 0.278. The zero-order valence-electron chi connectivity index (χ0n) is 13.9. The molecule has 0 aliphatic carbocycles. The van der Waals surface area contributed by atoms with E-state index in [1.807, 2.05) is 0 Å². The van der Waals surface area contributed by atoms with E-state index < -0.39 is 7.60 Å². The average molecular weight is 364 g/mol. The van der Waals surface area contributed by atoms with E-state index in [1.165, 1.54) is 0 Å². The maximum atomic E-state index is 12.5. The predicted molar refractivity (Wildman–Crippen MR) is 94.1 cm³/mol. The molecular formula is C18H21O6P. The summed E-state index contributed by atoms with van der Waals surface area (Å²) in [6.45, 7) is 1.95. The molecule has 25 heavy (non-hydrogen) atoms. The fourth-order valence-electron chi connectivity index (χ4n) is 2.27. The standard InChI is InChI=1S/C18H21O6P/c1-2-24-25(21,22)13-14-3-5-15(6-4-14)18(20)16-7-9-17(10-8-16)23-12-11-19/h3-10,19H,2,11-13H2,1H3,(H,21,22). The first-order valence-corrected chi connectivity index (χ1v) is 9.65. The number of aliphatic hydroxyl groups is 1. The van der Waals surface area contributed by atoms with Gasteiger partial charge in [-0.25, -0.2) is 0 Å². The molecule has 0 bridgehead atoms. The summed E-state index contributed by atoms with van der Waals surface area (Å²) in [5, 5.41) is 8.72. The molecule has 0 saturated heterocycles. The van der Waals surface area contributed by atoms with Crippen LogP contribution in [0.15, 0.2) is 48.5 Å². The van der Waals surface area contributed by atoms with Crippen LogP contribution in [0.25, 0.3) is 0 Å². The second kappa shape index (κ2) is 8.92. The minimum Gasteiger partial charge on any atom is -0.491 e. The number of rotatable bonds is 9. The first-order chi connectivity index (χ1) is 11.9. The third-order valence-electron chi connectivity index (χ3n) is 3.41. The summed E-state index contributed by atoms with van der Waals surface area (Å²) in [4.78, 5) is 22.1. The van der Waals surface area contributed by atoms with Crippen molar-refractivity contribution < 1.29 is 28.6 Å². The van der Waals surface area contributed by atoms with Crippen LogP contribution in [0.1, 0.15) is 28.4 Å². The third-order valence-corrected chi connectivity index (χ3v) is 4.83. The van der Waals surface area contributed by atoms with Crippen LogP contribution in [0, 0.1) is 0 Å². The number of carbonyl (C=O) groups excluding carboxylic acids is 1. The second-order valence-electron chi connectivity index (χ2n) is 5.34. The summed E-state index contributed by atoms with van der Waals surface area (Å²) >= 11 is 0. The van der Waals surface area contributed by atoms with Crippen molar-refractivity contribution in [3.05, 3.63) is 65.2 Å². The predicted octanol–water partition coefficient (Wildman–Crippen LogP) is 3.01. The van der Waals surface area contributed by atoms with Crippen LogP contribution in [0.4, 0.5) is 0 Å². The lowest BCUT2D eigenvalue weighted by Crippen LogP contribution is -2.04. The van der Waals surface area contributed by atoms with Gasteiger partial charge in [-0.05, 0) is 36.8 Å². The third kappa shape index (κ3) is 5.80. The second-order valence-corrected chi connectivity index (χ2v) is 7.19. The molecule has 1 atom stereocenters. The van der Waals surface area contributed by atoms with Gasteiger partial charge < -0.3 is 19.3 Å². The Hall–Kier alpha value is -1.98. The summed E-state index contributed by atoms with van der Waals surface area (Å²) in [7, 11) is -3.64. The molecule has 2 aromatic rings. The van der Waals surface area contributed by atoms with Crippen molar-refractivity contribution in [2.75, 3.05) is 19.8 Å². The van der Waals surface area contributed by atoms with E-state index in [4.69, 9.17) is 14.4 Å². The first kappa shape index (κ1) is 19.3. The molecule has 2 rings (SSSR count). The molecule has 134 valence electrons. The SMILES string of the molecule is CCOP(=O)(O)Cc1ccc(C(=O)c2ccc(OCCO)cc2)cc1. The van der Waals surface area contributed by atoms with Crippen LogP contribution in [0.2, 0.25) is 0 Å². The number of carbonyl (C=O) groups is 1. The topological polar surface area (TPSA) is 93.1 Å². The summed E-state index contributed by atoms with van der Waals surface area (Å²) in [6, 6.07) is 13.2. The Labute approximate surface area is 146 Å². The molecule has 0 aromatic heterocycles. The molecule has 0 aliphatic rings. The molecule has 0 fully saturated rings. The van der Waals surface area contributed by atoms with Gasteiger partial charge >= 0.3 is 7.60 Å². The molecule has 0 radical (unpaired) electrons. The van der Waals surface area contributed by atoms with Gasteiger partial charge in [-0.1, -0.05) is 24.3 Å². The number of benzene rings is 2. The van der Waals surface area contributed by atoms with E-state index in [9.17, 15) is 14.3 Å². The van der Waals surface area contributed by atoms with Gasteiger partial charge in [-0.2, -0.15) is 0 Å². The lowest BCUT2D eigenvalue weighted by atomic mass is 10.0. The highest BCUT2D eigenvalue weighted by Crippen LogP contribution is 2.45. The van der Waals surface area contributed by atoms with Crippen LogP contribution in [0.3, 0.4) is 0 Å².